The van der Waals surface area contributed by atoms with E-state index >= 15 is 0 Å². The fourth-order valence-corrected chi connectivity index (χ4v) is 1.81. The fourth-order valence-electron chi connectivity index (χ4n) is 1.81. The smallest absolute Gasteiger partial charge is 0.290 e. The minimum atomic E-state index is -0.495. The van der Waals surface area contributed by atoms with Crippen molar-refractivity contribution in [1.29, 1.82) is 0 Å². The summed E-state index contributed by atoms with van der Waals surface area (Å²) in [4.78, 5) is 22.0. The molecular weight excluding hydrogens is 294 g/mol. The molecule has 0 spiro atoms. The molecule has 0 saturated carbocycles. The van der Waals surface area contributed by atoms with Crippen LogP contribution in [0.4, 0.5) is 11.4 Å². The van der Waals surface area contributed by atoms with Crippen LogP contribution in [0.2, 0.25) is 0 Å². The van der Waals surface area contributed by atoms with E-state index in [1.165, 1.54) is 18.2 Å². The molecule has 0 bridgehead atoms. The lowest BCUT2D eigenvalue weighted by molar-refractivity contribution is -0.684. The van der Waals surface area contributed by atoms with Gasteiger partial charge in [-0.1, -0.05) is 6.07 Å². The number of nitrogens with one attached hydrogen (secondary N) is 1. The van der Waals surface area contributed by atoms with Crippen LogP contribution in [0.3, 0.4) is 0 Å². The average Bonchev–Trinajstić information content (AvgIpc) is 2.38. The third-order valence-electron chi connectivity index (χ3n) is 2.67. The van der Waals surface area contributed by atoms with E-state index in [9.17, 15) is 14.9 Å². The number of non-ortho nitro benzene ring substituents is 1. The Morgan fingerprint density at radius 1 is 1.33 bits per heavy atom. The molecule has 7 heteroatoms. The van der Waals surface area contributed by atoms with Gasteiger partial charge in [0.1, 0.15) is 0 Å². The highest BCUT2D eigenvalue weighted by Crippen LogP contribution is 2.16. The average molecular weight is 308 g/mol. The van der Waals surface area contributed by atoms with E-state index in [-0.39, 0.29) is 30.5 Å². The van der Waals surface area contributed by atoms with Crippen LogP contribution in [-0.4, -0.2) is 10.8 Å². The summed E-state index contributed by atoms with van der Waals surface area (Å²) in [5.74, 6) is -0.235. The molecule has 2 aromatic rings. The third-order valence-corrected chi connectivity index (χ3v) is 2.67. The van der Waals surface area contributed by atoms with Crippen LogP contribution in [0.25, 0.3) is 0 Å². The number of nitrogens with zero attached hydrogens (tertiary/aromatic N) is 2. The molecule has 0 aliphatic heterocycles. The van der Waals surface area contributed by atoms with E-state index in [1.54, 1.807) is 16.8 Å². The maximum atomic E-state index is 11.9. The van der Waals surface area contributed by atoms with Crippen molar-refractivity contribution in [3.05, 3.63) is 64.5 Å². The summed E-state index contributed by atoms with van der Waals surface area (Å²) in [5, 5.41) is 13.3. The van der Waals surface area contributed by atoms with E-state index in [2.05, 4.69) is 5.32 Å². The molecular formula is C14H14ClN3O3. The minimum absolute atomic E-state index is 0. The van der Waals surface area contributed by atoms with Crippen molar-refractivity contribution in [2.24, 2.45) is 0 Å². The number of anilines is 1. The van der Waals surface area contributed by atoms with E-state index in [0.717, 1.165) is 5.56 Å². The number of nitro groups is 1. The SMILES string of the molecule is Cc1ccc[n+](CC(=O)Nc2cccc([N+](=O)[O-])c2)c1.[Cl-]. The highest BCUT2D eigenvalue weighted by atomic mass is 35.5. The Morgan fingerprint density at radius 2 is 2.10 bits per heavy atom. The zero-order chi connectivity index (χ0) is 14.5. The number of nitro benzene ring substituents is 1. The number of hydrogen-bond acceptors (Lipinski definition) is 3. The van der Waals surface area contributed by atoms with Crippen LogP contribution in [0.1, 0.15) is 5.56 Å². The van der Waals surface area contributed by atoms with Crippen molar-refractivity contribution in [2.45, 2.75) is 13.5 Å². The molecule has 0 unspecified atom stereocenters. The number of pyridine rings is 1. The molecule has 6 nitrogen and oxygen atoms in total. The lowest BCUT2D eigenvalue weighted by atomic mass is 10.3. The van der Waals surface area contributed by atoms with Gasteiger partial charge in [-0.3, -0.25) is 14.9 Å². The van der Waals surface area contributed by atoms with E-state index in [4.69, 9.17) is 0 Å². The molecule has 1 N–H and O–H groups in total. The van der Waals surface area contributed by atoms with Crippen LogP contribution in [-0.2, 0) is 11.3 Å². The van der Waals surface area contributed by atoms with Gasteiger partial charge in [0.15, 0.2) is 12.4 Å². The van der Waals surface area contributed by atoms with E-state index in [0.29, 0.717) is 5.69 Å². The highest BCUT2D eigenvalue weighted by Gasteiger charge is 2.11. The summed E-state index contributed by atoms with van der Waals surface area (Å²) < 4.78 is 1.75. The Kier molecular flexibility index (Phi) is 5.80. The minimum Gasteiger partial charge on any atom is -1.00 e. The summed E-state index contributed by atoms with van der Waals surface area (Å²) >= 11 is 0. The van der Waals surface area contributed by atoms with Crippen LogP contribution < -0.4 is 22.3 Å². The molecule has 0 fully saturated rings. The fraction of sp³-hybridized carbons (Fsp3) is 0.143. The Bertz CT molecular complexity index is 661. The largest absolute Gasteiger partial charge is 1.00 e. The quantitative estimate of drug-likeness (QED) is 0.439. The summed E-state index contributed by atoms with van der Waals surface area (Å²) in [7, 11) is 0. The molecule has 0 saturated heterocycles. The molecule has 0 aliphatic carbocycles. The lowest BCUT2D eigenvalue weighted by Crippen LogP contribution is -3.00. The number of hydrogen-bond donors (Lipinski definition) is 1. The second-order valence-electron chi connectivity index (χ2n) is 4.41. The predicted octanol–water partition coefficient (Wildman–Crippen LogP) is -1.17. The van der Waals surface area contributed by atoms with Crippen LogP contribution >= 0.6 is 0 Å². The molecule has 2 rings (SSSR count). The third kappa shape index (κ3) is 4.85. The number of rotatable bonds is 4. The van der Waals surface area contributed by atoms with Gasteiger partial charge in [-0.25, -0.2) is 0 Å². The second-order valence-corrected chi connectivity index (χ2v) is 4.41. The molecule has 1 aromatic heterocycles. The maximum Gasteiger partial charge on any atom is 0.290 e. The lowest BCUT2D eigenvalue weighted by Gasteiger charge is -2.03. The van der Waals surface area contributed by atoms with Gasteiger partial charge in [0.25, 0.3) is 11.6 Å². The molecule has 21 heavy (non-hydrogen) atoms. The summed E-state index contributed by atoms with van der Waals surface area (Å²) in [5.41, 5.74) is 1.42. The normalized spacial score (nSPS) is 9.57. The highest BCUT2D eigenvalue weighted by molar-refractivity contribution is 5.89. The number of aryl methyl sites for hydroxylation is 1. The van der Waals surface area contributed by atoms with Crippen LogP contribution in [0, 0.1) is 17.0 Å². The van der Waals surface area contributed by atoms with Gasteiger partial charge in [-0.15, -0.1) is 0 Å². The summed E-state index contributed by atoms with van der Waals surface area (Å²) in [6, 6.07) is 9.66. The number of carbonyl (C=O) groups is 1. The number of carbonyl (C=O) groups excluding carboxylic acids is 1. The Morgan fingerprint density at radius 3 is 2.76 bits per heavy atom. The molecule has 1 amide bonds. The number of halogens is 1. The van der Waals surface area contributed by atoms with Crippen molar-refractivity contribution in [2.75, 3.05) is 5.32 Å². The van der Waals surface area contributed by atoms with Gasteiger partial charge >= 0.3 is 0 Å². The molecule has 0 atom stereocenters. The van der Waals surface area contributed by atoms with Gasteiger partial charge in [-0.05, 0) is 19.1 Å². The van der Waals surface area contributed by atoms with Gasteiger partial charge in [-0.2, -0.15) is 4.57 Å². The van der Waals surface area contributed by atoms with Gasteiger partial charge in [0.05, 0.1) is 4.92 Å². The van der Waals surface area contributed by atoms with Crippen LogP contribution in [0.15, 0.2) is 48.8 Å². The maximum absolute atomic E-state index is 11.9. The zero-order valence-electron chi connectivity index (χ0n) is 11.3. The first-order chi connectivity index (χ1) is 9.54. The first kappa shape index (κ1) is 16.6. The summed E-state index contributed by atoms with van der Waals surface area (Å²) in [6.07, 6.45) is 3.65. The number of amides is 1. The van der Waals surface area contributed by atoms with E-state index in [1.807, 2.05) is 25.3 Å². The monoisotopic (exact) mass is 307 g/mol. The number of benzene rings is 1. The number of aromatic nitrogens is 1. The Balaban J connectivity index is 0.00000220. The zero-order valence-corrected chi connectivity index (χ0v) is 12.1. The van der Waals surface area contributed by atoms with Gasteiger partial charge in [0.2, 0.25) is 6.54 Å². The summed E-state index contributed by atoms with van der Waals surface area (Å²) in [6.45, 7) is 2.10. The second kappa shape index (κ2) is 7.35. The molecule has 0 radical (unpaired) electrons. The van der Waals surface area contributed by atoms with Crippen LogP contribution in [0.5, 0.6) is 0 Å². The first-order valence-electron chi connectivity index (χ1n) is 6.04. The van der Waals surface area contributed by atoms with Crippen molar-refractivity contribution in [3.8, 4) is 0 Å². The Hall–Kier alpha value is -2.47. The molecule has 110 valence electrons. The first-order valence-corrected chi connectivity index (χ1v) is 6.04. The molecule has 0 aliphatic rings. The van der Waals surface area contributed by atoms with Crippen molar-refractivity contribution < 1.29 is 26.7 Å². The van der Waals surface area contributed by atoms with E-state index < -0.39 is 4.92 Å². The molecule has 1 aromatic carbocycles. The predicted molar refractivity (Wildman–Crippen MR) is 73.1 cm³/mol. The molecule has 1 heterocycles. The topological polar surface area (TPSA) is 76.1 Å². The van der Waals surface area contributed by atoms with Crippen molar-refractivity contribution in [3.63, 3.8) is 0 Å². The Labute approximate surface area is 128 Å². The standard InChI is InChI=1S/C14H13N3O3.ClH/c1-11-4-3-7-16(9-11)10-14(18)15-12-5-2-6-13(8-12)17(19)20;/h2-9H,10H2,1H3;1H. The van der Waals surface area contributed by atoms with Gasteiger partial charge < -0.3 is 17.7 Å². The van der Waals surface area contributed by atoms with Gasteiger partial charge in [0, 0.05) is 29.4 Å². The van der Waals surface area contributed by atoms with Crippen molar-refractivity contribution >= 4 is 17.3 Å². The van der Waals surface area contributed by atoms with Crippen molar-refractivity contribution in [1.82, 2.24) is 0 Å².